The van der Waals surface area contributed by atoms with E-state index in [1.54, 1.807) is 29.5 Å². The van der Waals surface area contributed by atoms with Crippen LogP contribution in [0.3, 0.4) is 0 Å². The first-order valence-corrected chi connectivity index (χ1v) is 7.80. The molecule has 0 unspecified atom stereocenters. The van der Waals surface area contributed by atoms with E-state index in [4.69, 9.17) is 4.74 Å². The molecule has 0 radical (unpaired) electrons. The molecule has 1 heterocycles. The zero-order chi connectivity index (χ0) is 15.1. The van der Waals surface area contributed by atoms with Gasteiger partial charge < -0.3 is 10.1 Å². The molecule has 108 valence electrons. The van der Waals surface area contributed by atoms with E-state index >= 15 is 0 Å². The first-order chi connectivity index (χ1) is 10.1. The van der Waals surface area contributed by atoms with Crippen molar-refractivity contribution in [2.75, 3.05) is 11.9 Å². The quantitative estimate of drug-likeness (QED) is 0.649. The molecule has 0 fully saturated rings. The van der Waals surface area contributed by atoms with E-state index in [-0.39, 0.29) is 12.5 Å². The minimum Gasteiger partial charge on any atom is -0.452 e. The number of halogens is 1. The highest BCUT2D eigenvalue weighted by Crippen LogP contribution is 2.20. The summed E-state index contributed by atoms with van der Waals surface area (Å²) in [5.74, 6) is -0.942. The van der Waals surface area contributed by atoms with Crippen molar-refractivity contribution in [2.24, 2.45) is 0 Å². The molecule has 2 aromatic rings. The Labute approximate surface area is 134 Å². The minimum absolute atomic E-state index is 0.325. The Morgan fingerprint density at radius 3 is 2.81 bits per heavy atom. The van der Waals surface area contributed by atoms with Crippen LogP contribution in [0.15, 0.2) is 51.6 Å². The predicted molar refractivity (Wildman–Crippen MR) is 87.1 cm³/mol. The van der Waals surface area contributed by atoms with Gasteiger partial charge in [-0.15, -0.1) is 0 Å². The first-order valence-electron chi connectivity index (χ1n) is 6.06. The molecule has 1 N–H and O–H groups in total. The summed E-state index contributed by atoms with van der Waals surface area (Å²) in [5, 5.41) is 6.47. The van der Waals surface area contributed by atoms with Crippen molar-refractivity contribution >= 4 is 50.9 Å². The molecule has 0 atom stereocenters. The van der Waals surface area contributed by atoms with E-state index in [9.17, 15) is 9.59 Å². The molecule has 0 aliphatic carbocycles. The Hall–Kier alpha value is -1.92. The summed E-state index contributed by atoms with van der Waals surface area (Å²) in [6, 6.07) is 9.09. The van der Waals surface area contributed by atoms with Crippen LogP contribution in [-0.2, 0) is 14.3 Å². The van der Waals surface area contributed by atoms with Crippen LogP contribution >= 0.6 is 27.3 Å². The first kappa shape index (κ1) is 15.5. The van der Waals surface area contributed by atoms with Crippen molar-refractivity contribution in [2.45, 2.75) is 0 Å². The maximum absolute atomic E-state index is 11.7. The van der Waals surface area contributed by atoms with Gasteiger partial charge in [0, 0.05) is 10.5 Å². The summed E-state index contributed by atoms with van der Waals surface area (Å²) in [7, 11) is 0. The molecule has 0 aliphatic heterocycles. The van der Waals surface area contributed by atoms with Crippen LogP contribution in [0.1, 0.15) is 5.56 Å². The highest BCUT2D eigenvalue weighted by molar-refractivity contribution is 9.10. The lowest BCUT2D eigenvalue weighted by molar-refractivity contribution is -0.142. The monoisotopic (exact) mass is 365 g/mol. The summed E-state index contributed by atoms with van der Waals surface area (Å²) in [4.78, 5) is 23.1. The van der Waals surface area contributed by atoms with Crippen LogP contribution in [-0.4, -0.2) is 18.5 Å². The van der Waals surface area contributed by atoms with Gasteiger partial charge >= 0.3 is 5.97 Å². The Bertz CT molecular complexity index is 653. The van der Waals surface area contributed by atoms with Crippen molar-refractivity contribution in [1.29, 1.82) is 0 Å². The Balaban J connectivity index is 1.79. The van der Waals surface area contributed by atoms with Crippen LogP contribution in [0.4, 0.5) is 5.69 Å². The molecule has 0 spiro atoms. The number of hydrogen-bond acceptors (Lipinski definition) is 4. The third kappa shape index (κ3) is 5.17. The van der Waals surface area contributed by atoms with Gasteiger partial charge in [-0.1, -0.05) is 12.1 Å². The second-order valence-corrected chi connectivity index (χ2v) is 5.66. The van der Waals surface area contributed by atoms with Crippen molar-refractivity contribution in [3.05, 3.63) is 57.2 Å². The van der Waals surface area contributed by atoms with E-state index < -0.39 is 5.97 Å². The average molecular weight is 366 g/mol. The molecule has 21 heavy (non-hydrogen) atoms. The number of ether oxygens (including phenoxy) is 1. The summed E-state index contributed by atoms with van der Waals surface area (Å²) < 4.78 is 5.63. The molecule has 6 heteroatoms. The third-order valence-electron chi connectivity index (χ3n) is 2.45. The van der Waals surface area contributed by atoms with Crippen LogP contribution < -0.4 is 5.32 Å². The highest BCUT2D eigenvalue weighted by Gasteiger charge is 2.07. The zero-order valence-electron chi connectivity index (χ0n) is 10.9. The second-order valence-electron chi connectivity index (χ2n) is 4.03. The summed E-state index contributed by atoms with van der Waals surface area (Å²) in [5.41, 5.74) is 1.56. The van der Waals surface area contributed by atoms with Crippen molar-refractivity contribution in [3.8, 4) is 0 Å². The van der Waals surface area contributed by atoms with Gasteiger partial charge in [-0.25, -0.2) is 4.79 Å². The lowest BCUT2D eigenvalue weighted by Crippen LogP contribution is -2.20. The second kappa shape index (κ2) is 7.75. The van der Waals surface area contributed by atoms with E-state index in [1.807, 2.05) is 29.0 Å². The van der Waals surface area contributed by atoms with Crippen molar-refractivity contribution < 1.29 is 14.3 Å². The highest BCUT2D eigenvalue weighted by atomic mass is 79.9. The summed E-state index contributed by atoms with van der Waals surface area (Å²) in [6.07, 6.45) is 2.94. The standard InChI is InChI=1S/C15H12BrNO3S/c16-12-3-1-2-4-13(12)17-14(18)9-20-15(19)6-5-11-7-8-21-10-11/h1-8,10H,9H2,(H,17,18)/b6-5+. The normalized spacial score (nSPS) is 10.5. The predicted octanol–water partition coefficient (Wildman–Crippen LogP) is 3.71. The molecule has 1 aromatic heterocycles. The van der Waals surface area contributed by atoms with Crippen LogP contribution in [0, 0.1) is 0 Å². The maximum Gasteiger partial charge on any atom is 0.331 e. The lowest BCUT2D eigenvalue weighted by Gasteiger charge is -2.06. The number of anilines is 1. The fourth-order valence-electron chi connectivity index (χ4n) is 1.47. The molecule has 4 nitrogen and oxygen atoms in total. The van der Waals surface area contributed by atoms with Crippen LogP contribution in [0.25, 0.3) is 6.08 Å². The molecule has 2 rings (SSSR count). The number of nitrogens with one attached hydrogen (secondary N) is 1. The number of para-hydroxylation sites is 1. The van der Waals surface area contributed by atoms with Gasteiger partial charge in [0.1, 0.15) is 0 Å². The van der Waals surface area contributed by atoms with Gasteiger partial charge in [0.05, 0.1) is 5.69 Å². The number of thiophene rings is 1. The Morgan fingerprint density at radius 1 is 1.29 bits per heavy atom. The van der Waals surface area contributed by atoms with Gasteiger partial charge in [0.25, 0.3) is 5.91 Å². The van der Waals surface area contributed by atoms with E-state index in [1.165, 1.54) is 6.08 Å². The van der Waals surface area contributed by atoms with Crippen molar-refractivity contribution in [1.82, 2.24) is 0 Å². The maximum atomic E-state index is 11.7. The van der Waals surface area contributed by atoms with Crippen LogP contribution in [0.2, 0.25) is 0 Å². The molecule has 0 aliphatic rings. The summed E-state index contributed by atoms with van der Waals surface area (Å²) in [6.45, 7) is -0.325. The van der Waals surface area contributed by atoms with Gasteiger partial charge in [0.2, 0.25) is 0 Å². The van der Waals surface area contributed by atoms with Crippen molar-refractivity contribution in [3.63, 3.8) is 0 Å². The van der Waals surface area contributed by atoms with Crippen LogP contribution in [0.5, 0.6) is 0 Å². The number of carbonyl (C=O) groups is 2. The number of rotatable bonds is 5. The molecule has 1 aromatic carbocycles. The van der Waals surface area contributed by atoms with Gasteiger partial charge in [-0.2, -0.15) is 11.3 Å². The summed E-state index contributed by atoms with van der Waals surface area (Å²) >= 11 is 4.86. The fraction of sp³-hybridized carbons (Fsp3) is 0.0667. The number of amides is 1. The topological polar surface area (TPSA) is 55.4 Å². The largest absolute Gasteiger partial charge is 0.452 e. The Morgan fingerprint density at radius 2 is 2.10 bits per heavy atom. The number of esters is 1. The Kier molecular flexibility index (Phi) is 5.71. The SMILES string of the molecule is O=C(COC(=O)/C=C/c1ccsc1)Nc1ccccc1Br. The molecular weight excluding hydrogens is 354 g/mol. The van der Waals surface area contributed by atoms with Gasteiger partial charge in [0.15, 0.2) is 6.61 Å². The van der Waals surface area contributed by atoms with E-state index in [2.05, 4.69) is 21.2 Å². The fourth-order valence-corrected chi connectivity index (χ4v) is 2.48. The molecule has 1 amide bonds. The van der Waals surface area contributed by atoms with E-state index in [0.29, 0.717) is 5.69 Å². The smallest absolute Gasteiger partial charge is 0.331 e. The lowest BCUT2D eigenvalue weighted by atomic mass is 10.3. The number of hydrogen-bond donors (Lipinski definition) is 1. The average Bonchev–Trinajstić information content (AvgIpc) is 2.99. The van der Waals surface area contributed by atoms with Gasteiger partial charge in [-0.3, -0.25) is 4.79 Å². The third-order valence-corrected chi connectivity index (χ3v) is 3.84. The molecular formula is C15H12BrNO3S. The zero-order valence-corrected chi connectivity index (χ0v) is 13.3. The molecule has 0 saturated carbocycles. The minimum atomic E-state index is -0.552. The number of carbonyl (C=O) groups excluding carboxylic acids is 2. The molecule has 0 saturated heterocycles. The number of benzene rings is 1. The van der Waals surface area contributed by atoms with Gasteiger partial charge in [-0.05, 0) is 56.5 Å². The van der Waals surface area contributed by atoms with E-state index in [0.717, 1.165) is 10.0 Å². The molecule has 0 bridgehead atoms.